The largest absolute Gasteiger partial charge is 0.493 e. The minimum absolute atomic E-state index is 0.232. The summed E-state index contributed by atoms with van der Waals surface area (Å²) in [5.41, 5.74) is 1.37. The van der Waals surface area contributed by atoms with E-state index in [1.807, 2.05) is 11.8 Å². The van der Waals surface area contributed by atoms with E-state index in [0.717, 1.165) is 11.5 Å². The number of fused-ring (bicyclic) bond motifs is 1. The van der Waals surface area contributed by atoms with Gasteiger partial charge in [-0.15, -0.1) is 11.8 Å². The van der Waals surface area contributed by atoms with Crippen molar-refractivity contribution in [2.75, 3.05) is 12.4 Å². The fraction of sp³-hybridized carbons (Fsp3) is 0.200. The molecule has 0 fully saturated rings. The molecule has 0 radical (unpaired) electrons. The summed E-state index contributed by atoms with van der Waals surface area (Å²) in [4.78, 5) is 1.35. The van der Waals surface area contributed by atoms with Crippen molar-refractivity contribution < 1.29 is 9.13 Å². The van der Waals surface area contributed by atoms with Crippen molar-refractivity contribution >= 4 is 11.8 Å². The van der Waals surface area contributed by atoms with Crippen LogP contribution in [0.4, 0.5) is 4.39 Å². The maximum absolute atomic E-state index is 12.8. The lowest BCUT2D eigenvalue weighted by molar-refractivity contribution is 0.297. The van der Waals surface area contributed by atoms with E-state index in [1.165, 1.54) is 22.6 Å². The Bertz CT molecular complexity index is 538. The second-order valence-electron chi connectivity index (χ2n) is 4.31. The molecule has 0 saturated carbocycles. The first-order valence-corrected chi connectivity index (χ1v) is 6.91. The van der Waals surface area contributed by atoms with Crippen LogP contribution in [0.25, 0.3) is 0 Å². The van der Waals surface area contributed by atoms with Gasteiger partial charge in [-0.25, -0.2) is 4.39 Å². The van der Waals surface area contributed by atoms with Gasteiger partial charge in [0.1, 0.15) is 11.6 Å². The van der Waals surface area contributed by atoms with Crippen molar-refractivity contribution in [3.63, 3.8) is 0 Å². The molecule has 2 aromatic rings. The Kier molecular flexibility index (Phi) is 3.24. The quantitative estimate of drug-likeness (QED) is 0.822. The van der Waals surface area contributed by atoms with Gasteiger partial charge >= 0.3 is 0 Å². The van der Waals surface area contributed by atoms with E-state index in [1.54, 1.807) is 12.1 Å². The first-order valence-electron chi connectivity index (χ1n) is 5.93. The van der Waals surface area contributed by atoms with Crippen LogP contribution in [0.3, 0.4) is 0 Å². The molecular weight excluding hydrogens is 247 g/mol. The average molecular weight is 260 g/mol. The Morgan fingerprint density at radius 3 is 2.72 bits per heavy atom. The van der Waals surface area contributed by atoms with Crippen molar-refractivity contribution in [1.29, 1.82) is 0 Å². The third kappa shape index (κ3) is 2.36. The molecule has 18 heavy (non-hydrogen) atoms. The molecule has 0 saturated heterocycles. The third-order valence-electron chi connectivity index (χ3n) is 3.06. The second-order valence-corrected chi connectivity index (χ2v) is 5.37. The summed E-state index contributed by atoms with van der Waals surface area (Å²) in [5.74, 6) is 1.98. The van der Waals surface area contributed by atoms with E-state index >= 15 is 0 Å². The second kappa shape index (κ2) is 5.02. The SMILES string of the molecule is Fc1ccc(OCC2CSc3ccccc32)cc1. The molecule has 1 atom stereocenters. The molecule has 1 aliphatic heterocycles. The van der Waals surface area contributed by atoms with Crippen molar-refractivity contribution in [2.45, 2.75) is 10.8 Å². The van der Waals surface area contributed by atoms with Gasteiger partial charge in [0.25, 0.3) is 0 Å². The van der Waals surface area contributed by atoms with Gasteiger partial charge in [-0.1, -0.05) is 18.2 Å². The lowest BCUT2D eigenvalue weighted by Crippen LogP contribution is -2.09. The zero-order valence-electron chi connectivity index (χ0n) is 9.80. The highest BCUT2D eigenvalue weighted by Gasteiger charge is 2.23. The molecule has 2 aromatic carbocycles. The van der Waals surface area contributed by atoms with Gasteiger partial charge in [-0.2, -0.15) is 0 Å². The molecule has 1 unspecified atom stereocenters. The highest BCUT2D eigenvalue weighted by molar-refractivity contribution is 7.99. The monoisotopic (exact) mass is 260 g/mol. The lowest BCUT2D eigenvalue weighted by atomic mass is 10.0. The lowest BCUT2D eigenvalue weighted by Gasteiger charge is -2.12. The zero-order chi connectivity index (χ0) is 12.4. The topological polar surface area (TPSA) is 9.23 Å². The van der Waals surface area contributed by atoms with Gasteiger partial charge in [0.05, 0.1) is 6.61 Å². The Morgan fingerprint density at radius 2 is 1.89 bits per heavy atom. The number of hydrogen-bond donors (Lipinski definition) is 0. The molecule has 3 heteroatoms. The zero-order valence-corrected chi connectivity index (χ0v) is 10.6. The van der Waals surface area contributed by atoms with Crippen molar-refractivity contribution in [3.05, 3.63) is 59.9 Å². The van der Waals surface area contributed by atoms with Crippen LogP contribution in [0.1, 0.15) is 11.5 Å². The summed E-state index contributed by atoms with van der Waals surface area (Å²) in [7, 11) is 0. The highest BCUT2D eigenvalue weighted by Crippen LogP contribution is 2.39. The molecule has 0 bridgehead atoms. The van der Waals surface area contributed by atoms with Crippen LogP contribution in [-0.4, -0.2) is 12.4 Å². The Balaban J connectivity index is 1.67. The van der Waals surface area contributed by atoms with E-state index in [4.69, 9.17) is 4.74 Å². The number of ether oxygens (including phenoxy) is 1. The van der Waals surface area contributed by atoms with E-state index in [-0.39, 0.29) is 5.82 Å². The highest BCUT2D eigenvalue weighted by atomic mass is 32.2. The number of hydrogen-bond acceptors (Lipinski definition) is 2. The van der Waals surface area contributed by atoms with Crippen molar-refractivity contribution in [2.24, 2.45) is 0 Å². The maximum Gasteiger partial charge on any atom is 0.123 e. The van der Waals surface area contributed by atoms with Gasteiger partial charge < -0.3 is 4.74 Å². The van der Waals surface area contributed by atoms with Crippen LogP contribution in [0.2, 0.25) is 0 Å². The van der Waals surface area contributed by atoms with Crippen molar-refractivity contribution in [1.82, 2.24) is 0 Å². The minimum atomic E-state index is -0.232. The fourth-order valence-corrected chi connectivity index (χ4v) is 3.33. The number of rotatable bonds is 3. The predicted molar refractivity (Wildman–Crippen MR) is 71.8 cm³/mol. The molecule has 0 spiro atoms. The van der Waals surface area contributed by atoms with E-state index in [9.17, 15) is 4.39 Å². The average Bonchev–Trinajstić information content (AvgIpc) is 2.82. The standard InChI is InChI=1S/C15H13FOS/c16-12-5-7-13(8-6-12)17-9-11-10-18-15-4-2-1-3-14(11)15/h1-8,11H,9-10H2. The Hall–Kier alpha value is -1.48. The Labute approximate surface area is 110 Å². The molecule has 0 aliphatic carbocycles. The van der Waals surface area contributed by atoms with Crippen LogP contribution < -0.4 is 4.74 Å². The van der Waals surface area contributed by atoms with Gasteiger partial charge in [-0.05, 0) is 35.9 Å². The van der Waals surface area contributed by atoms with Crippen LogP contribution in [0.5, 0.6) is 5.75 Å². The van der Waals surface area contributed by atoms with Crippen LogP contribution in [0.15, 0.2) is 53.4 Å². The number of benzene rings is 2. The predicted octanol–water partition coefficient (Wildman–Crippen LogP) is 4.09. The van der Waals surface area contributed by atoms with E-state index < -0.39 is 0 Å². The van der Waals surface area contributed by atoms with E-state index in [0.29, 0.717) is 12.5 Å². The summed E-state index contributed by atoms with van der Waals surface area (Å²) < 4.78 is 18.5. The molecule has 1 aliphatic rings. The summed E-state index contributed by atoms with van der Waals surface area (Å²) >= 11 is 1.87. The molecule has 0 N–H and O–H groups in total. The third-order valence-corrected chi connectivity index (χ3v) is 4.32. The molecule has 0 aromatic heterocycles. The summed E-state index contributed by atoms with van der Waals surface area (Å²) in [6.07, 6.45) is 0. The normalized spacial score (nSPS) is 17.5. The molecule has 1 heterocycles. The Morgan fingerprint density at radius 1 is 1.11 bits per heavy atom. The summed E-state index contributed by atoms with van der Waals surface area (Å²) in [5, 5.41) is 0. The molecule has 1 nitrogen and oxygen atoms in total. The van der Waals surface area contributed by atoms with Gasteiger partial charge in [-0.3, -0.25) is 0 Å². The summed E-state index contributed by atoms with van der Waals surface area (Å²) in [6.45, 7) is 0.648. The first kappa shape index (κ1) is 11.6. The van der Waals surface area contributed by atoms with Gasteiger partial charge in [0.2, 0.25) is 0 Å². The molecule has 0 amide bonds. The number of halogens is 1. The molecular formula is C15H13FOS. The van der Waals surface area contributed by atoms with E-state index in [2.05, 4.69) is 24.3 Å². The smallest absolute Gasteiger partial charge is 0.123 e. The minimum Gasteiger partial charge on any atom is -0.493 e. The van der Waals surface area contributed by atoms with Crippen LogP contribution >= 0.6 is 11.8 Å². The van der Waals surface area contributed by atoms with Crippen molar-refractivity contribution in [3.8, 4) is 5.75 Å². The van der Waals surface area contributed by atoms with Crippen LogP contribution in [-0.2, 0) is 0 Å². The maximum atomic E-state index is 12.8. The van der Waals surface area contributed by atoms with Gasteiger partial charge in [0, 0.05) is 16.6 Å². The fourth-order valence-electron chi connectivity index (χ4n) is 2.09. The first-order chi connectivity index (χ1) is 8.83. The number of thioether (sulfide) groups is 1. The molecule has 92 valence electrons. The summed E-state index contributed by atoms with van der Waals surface area (Å²) in [6, 6.07) is 14.6. The molecule has 3 rings (SSSR count). The van der Waals surface area contributed by atoms with Crippen LogP contribution in [0, 0.1) is 5.82 Å². The van der Waals surface area contributed by atoms with Gasteiger partial charge in [0.15, 0.2) is 0 Å².